The molecule has 1 aromatic heterocycles. The Kier molecular flexibility index (Phi) is 6.58. The predicted octanol–water partition coefficient (Wildman–Crippen LogP) is 4.46. The van der Waals surface area contributed by atoms with Crippen molar-refractivity contribution in [3.8, 4) is 11.5 Å². The van der Waals surface area contributed by atoms with Crippen molar-refractivity contribution in [2.45, 2.75) is 19.3 Å². The fourth-order valence-corrected chi connectivity index (χ4v) is 4.11. The lowest BCUT2D eigenvalue weighted by Gasteiger charge is -2.22. The molecule has 1 aliphatic rings. The average Bonchev–Trinajstić information content (AvgIpc) is 2.85. The van der Waals surface area contributed by atoms with Crippen molar-refractivity contribution in [1.82, 2.24) is 4.98 Å². The molecule has 0 radical (unpaired) electrons. The van der Waals surface area contributed by atoms with E-state index >= 15 is 0 Å². The molecule has 4 rings (SSSR count). The standard InChI is InChI=1S/C26H25NO6/c1-30-21-12-11-16(14-22(21)31-2)13-17-7-6-9-19-24(26(29)33-15-23(28)32-3)18-8-4-5-10-20(18)27-25(17)19/h4-5,8,10-14H,6-7,9,15H2,1-3H3. The molecule has 0 atom stereocenters. The Bertz CT molecular complexity index is 1250. The summed E-state index contributed by atoms with van der Waals surface area (Å²) < 4.78 is 20.6. The van der Waals surface area contributed by atoms with Crippen LogP contribution in [0.1, 0.15) is 40.0 Å². The first kappa shape index (κ1) is 22.3. The van der Waals surface area contributed by atoms with Gasteiger partial charge in [0.05, 0.1) is 38.1 Å². The van der Waals surface area contributed by atoms with Gasteiger partial charge < -0.3 is 18.9 Å². The van der Waals surface area contributed by atoms with Crippen molar-refractivity contribution in [2.75, 3.05) is 27.9 Å². The summed E-state index contributed by atoms with van der Waals surface area (Å²) in [6.07, 6.45) is 4.44. The number of para-hydroxylation sites is 1. The zero-order valence-electron chi connectivity index (χ0n) is 18.8. The van der Waals surface area contributed by atoms with Gasteiger partial charge >= 0.3 is 11.9 Å². The van der Waals surface area contributed by atoms with Gasteiger partial charge in [0.2, 0.25) is 0 Å². The van der Waals surface area contributed by atoms with Gasteiger partial charge in [-0.1, -0.05) is 24.3 Å². The molecule has 0 spiro atoms. The molecule has 0 N–H and O–H groups in total. The zero-order chi connectivity index (χ0) is 23.4. The third-order valence-corrected chi connectivity index (χ3v) is 5.67. The molecule has 7 heteroatoms. The number of methoxy groups -OCH3 is 3. The highest BCUT2D eigenvalue weighted by Gasteiger charge is 2.26. The van der Waals surface area contributed by atoms with Gasteiger partial charge in [-0.25, -0.2) is 14.6 Å². The lowest BCUT2D eigenvalue weighted by Crippen LogP contribution is -2.19. The van der Waals surface area contributed by atoms with E-state index in [0.29, 0.717) is 34.4 Å². The number of aromatic nitrogens is 1. The minimum Gasteiger partial charge on any atom is -0.493 e. The SMILES string of the molecule is COC(=O)COC(=O)c1c2c(nc3ccccc13)C(=Cc1ccc(OC)c(OC)c1)CCC2. The molecular weight excluding hydrogens is 422 g/mol. The summed E-state index contributed by atoms with van der Waals surface area (Å²) in [6, 6.07) is 13.2. The summed E-state index contributed by atoms with van der Waals surface area (Å²) in [6.45, 7) is -0.435. The van der Waals surface area contributed by atoms with Crippen molar-refractivity contribution < 1.29 is 28.5 Å². The molecule has 0 bridgehead atoms. The number of benzene rings is 2. The normalized spacial score (nSPS) is 14.0. The van der Waals surface area contributed by atoms with Gasteiger partial charge in [0.1, 0.15) is 0 Å². The minimum absolute atomic E-state index is 0.435. The van der Waals surface area contributed by atoms with Gasteiger partial charge in [-0.3, -0.25) is 0 Å². The first-order valence-corrected chi connectivity index (χ1v) is 10.6. The van der Waals surface area contributed by atoms with Crippen molar-refractivity contribution in [3.05, 3.63) is 64.8 Å². The van der Waals surface area contributed by atoms with Crippen LogP contribution < -0.4 is 9.47 Å². The second-order valence-electron chi connectivity index (χ2n) is 7.62. The van der Waals surface area contributed by atoms with Crippen LogP contribution in [0.3, 0.4) is 0 Å². The number of hydrogen-bond donors (Lipinski definition) is 0. The molecule has 0 fully saturated rings. The number of carbonyl (C=O) groups is 2. The molecular formula is C26H25NO6. The molecule has 3 aromatic rings. The molecule has 0 aliphatic heterocycles. The van der Waals surface area contributed by atoms with E-state index in [-0.39, 0.29) is 0 Å². The summed E-state index contributed by atoms with van der Waals surface area (Å²) in [5.41, 5.74) is 4.73. The molecule has 170 valence electrons. The fraction of sp³-hybridized carbons (Fsp3) is 0.269. The molecule has 1 aliphatic carbocycles. The molecule has 0 amide bonds. The van der Waals surface area contributed by atoms with Crippen LogP contribution in [0.2, 0.25) is 0 Å². The Labute approximate surface area is 191 Å². The van der Waals surface area contributed by atoms with Crippen molar-refractivity contribution in [1.29, 1.82) is 0 Å². The van der Waals surface area contributed by atoms with Gasteiger partial charge in [-0.15, -0.1) is 0 Å². The van der Waals surface area contributed by atoms with E-state index in [1.807, 2.05) is 42.5 Å². The highest BCUT2D eigenvalue weighted by atomic mass is 16.6. The van der Waals surface area contributed by atoms with Crippen LogP contribution in [-0.2, 0) is 20.7 Å². The summed E-state index contributed by atoms with van der Waals surface area (Å²) in [4.78, 5) is 29.5. The Balaban J connectivity index is 1.82. The first-order chi connectivity index (χ1) is 16.0. The third kappa shape index (κ3) is 4.53. The Morgan fingerprint density at radius 2 is 1.79 bits per heavy atom. The van der Waals surface area contributed by atoms with Crippen LogP contribution >= 0.6 is 0 Å². The summed E-state index contributed by atoms with van der Waals surface area (Å²) in [5.74, 6) is 0.136. The predicted molar refractivity (Wildman–Crippen MR) is 124 cm³/mol. The number of nitrogens with zero attached hydrogens (tertiary/aromatic N) is 1. The van der Waals surface area contributed by atoms with E-state index in [9.17, 15) is 9.59 Å². The third-order valence-electron chi connectivity index (χ3n) is 5.67. The first-order valence-electron chi connectivity index (χ1n) is 10.6. The maximum Gasteiger partial charge on any atom is 0.344 e. The number of carbonyl (C=O) groups excluding carboxylic acids is 2. The summed E-state index contributed by atoms with van der Waals surface area (Å²) in [5, 5.41) is 0.707. The molecule has 0 saturated carbocycles. The number of esters is 2. The average molecular weight is 447 g/mol. The fourth-order valence-electron chi connectivity index (χ4n) is 4.11. The molecule has 0 saturated heterocycles. The molecule has 2 aromatic carbocycles. The van der Waals surface area contributed by atoms with Crippen LogP contribution in [-0.4, -0.2) is 44.9 Å². The van der Waals surface area contributed by atoms with Crippen molar-refractivity contribution in [2.24, 2.45) is 0 Å². The molecule has 33 heavy (non-hydrogen) atoms. The van der Waals surface area contributed by atoms with E-state index in [4.69, 9.17) is 19.2 Å². The Hall–Kier alpha value is -3.87. The molecule has 1 heterocycles. The number of rotatable bonds is 6. The van der Waals surface area contributed by atoms with Gasteiger partial charge in [-0.05, 0) is 60.2 Å². The lowest BCUT2D eigenvalue weighted by molar-refractivity contribution is -0.144. The van der Waals surface area contributed by atoms with E-state index in [0.717, 1.165) is 35.2 Å². The van der Waals surface area contributed by atoms with E-state index < -0.39 is 18.5 Å². The van der Waals surface area contributed by atoms with Crippen LogP contribution in [0.25, 0.3) is 22.6 Å². The van der Waals surface area contributed by atoms with E-state index in [1.54, 1.807) is 14.2 Å². The number of fused-ring (bicyclic) bond motifs is 2. The van der Waals surface area contributed by atoms with Gasteiger partial charge in [0.25, 0.3) is 0 Å². The van der Waals surface area contributed by atoms with Crippen molar-refractivity contribution in [3.63, 3.8) is 0 Å². The monoisotopic (exact) mass is 447 g/mol. The highest BCUT2D eigenvalue weighted by Crippen LogP contribution is 2.37. The molecule has 7 nitrogen and oxygen atoms in total. The largest absolute Gasteiger partial charge is 0.493 e. The zero-order valence-corrected chi connectivity index (χ0v) is 18.8. The summed E-state index contributed by atoms with van der Waals surface area (Å²) in [7, 11) is 4.46. The van der Waals surface area contributed by atoms with Crippen LogP contribution in [0.4, 0.5) is 0 Å². The maximum absolute atomic E-state index is 13.1. The minimum atomic E-state index is -0.607. The molecule has 0 unspecified atom stereocenters. The number of ether oxygens (including phenoxy) is 4. The Morgan fingerprint density at radius 3 is 2.55 bits per heavy atom. The van der Waals surface area contributed by atoms with Gasteiger partial charge in [0, 0.05) is 5.39 Å². The van der Waals surface area contributed by atoms with Gasteiger partial charge in [-0.2, -0.15) is 0 Å². The topological polar surface area (TPSA) is 84.0 Å². The highest BCUT2D eigenvalue weighted by molar-refractivity contribution is 6.07. The van der Waals surface area contributed by atoms with Crippen LogP contribution in [0.5, 0.6) is 11.5 Å². The number of allylic oxidation sites excluding steroid dienone is 1. The van der Waals surface area contributed by atoms with Crippen LogP contribution in [0.15, 0.2) is 42.5 Å². The van der Waals surface area contributed by atoms with E-state index in [2.05, 4.69) is 10.8 Å². The maximum atomic E-state index is 13.1. The quantitative estimate of drug-likeness (QED) is 0.516. The van der Waals surface area contributed by atoms with E-state index in [1.165, 1.54) is 7.11 Å². The number of pyridine rings is 1. The second kappa shape index (κ2) is 9.73. The lowest BCUT2D eigenvalue weighted by atomic mass is 9.86. The smallest absolute Gasteiger partial charge is 0.344 e. The number of hydrogen-bond acceptors (Lipinski definition) is 7. The Morgan fingerprint density at radius 1 is 1.00 bits per heavy atom. The van der Waals surface area contributed by atoms with Crippen molar-refractivity contribution >= 4 is 34.5 Å². The van der Waals surface area contributed by atoms with Crippen LogP contribution in [0, 0.1) is 0 Å². The summed E-state index contributed by atoms with van der Waals surface area (Å²) >= 11 is 0. The van der Waals surface area contributed by atoms with Gasteiger partial charge in [0.15, 0.2) is 18.1 Å². The second-order valence-corrected chi connectivity index (χ2v) is 7.62.